The minimum Gasteiger partial charge on any atom is -0.460 e. The Bertz CT molecular complexity index is 459. The van der Waals surface area contributed by atoms with Gasteiger partial charge in [-0.15, -0.1) is 0 Å². The highest BCUT2D eigenvalue weighted by molar-refractivity contribution is 5.77. The number of hydrogen-bond acceptors (Lipinski definition) is 3. The molecule has 104 valence electrons. The van der Waals surface area contributed by atoms with Crippen LogP contribution in [0, 0.1) is 0 Å². The van der Waals surface area contributed by atoms with Crippen molar-refractivity contribution in [2.24, 2.45) is 0 Å². The predicted octanol–water partition coefficient (Wildman–Crippen LogP) is 3.25. The SMILES string of the molecule is CCCN(CC)CCNCc1cc2ccccc2o1. The Labute approximate surface area is 115 Å². The largest absolute Gasteiger partial charge is 0.460 e. The molecule has 0 amide bonds. The molecule has 2 aromatic rings. The molecule has 0 fully saturated rings. The summed E-state index contributed by atoms with van der Waals surface area (Å²) in [6.07, 6.45) is 1.22. The van der Waals surface area contributed by atoms with Gasteiger partial charge in [0.1, 0.15) is 11.3 Å². The maximum atomic E-state index is 5.77. The molecule has 1 N–H and O–H groups in total. The number of nitrogens with one attached hydrogen (secondary N) is 1. The number of furan rings is 1. The van der Waals surface area contributed by atoms with Gasteiger partial charge < -0.3 is 14.6 Å². The predicted molar refractivity (Wildman–Crippen MR) is 80.3 cm³/mol. The molecule has 0 spiro atoms. The molecule has 3 nitrogen and oxygen atoms in total. The van der Waals surface area contributed by atoms with Gasteiger partial charge in [-0.25, -0.2) is 0 Å². The second-order valence-corrected chi connectivity index (χ2v) is 4.86. The van der Waals surface area contributed by atoms with Crippen LogP contribution in [0.3, 0.4) is 0 Å². The molecule has 2 rings (SSSR count). The number of benzene rings is 1. The van der Waals surface area contributed by atoms with Crippen LogP contribution in [0.15, 0.2) is 34.7 Å². The van der Waals surface area contributed by atoms with Gasteiger partial charge in [0.25, 0.3) is 0 Å². The average molecular weight is 260 g/mol. The van der Waals surface area contributed by atoms with E-state index in [0.717, 1.165) is 37.5 Å². The van der Waals surface area contributed by atoms with Crippen LogP contribution in [0.5, 0.6) is 0 Å². The maximum absolute atomic E-state index is 5.77. The van der Waals surface area contributed by atoms with Crippen molar-refractivity contribution in [3.63, 3.8) is 0 Å². The summed E-state index contributed by atoms with van der Waals surface area (Å²) in [7, 11) is 0. The van der Waals surface area contributed by atoms with Crippen molar-refractivity contribution in [1.82, 2.24) is 10.2 Å². The summed E-state index contributed by atoms with van der Waals surface area (Å²) in [5.74, 6) is 1.01. The molecule has 0 aliphatic heterocycles. The molecule has 0 bridgehead atoms. The first-order valence-electron chi connectivity index (χ1n) is 7.24. The van der Waals surface area contributed by atoms with Gasteiger partial charge in [-0.2, -0.15) is 0 Å². The number of nitrogens with zero attached hydrogens (tertiary/aromatic N) is 1. The fourth-order valence-electron chi connectivity index (χ4n) is 2.32. The second-order valence-electron chi connectivity index (χ2n) is 4.86. The Morgan fingerprint density at radius 1 is 1.16 bits per heavy atom. The van der Waals surface area contributed by atoms with Crippen LogP contribution in [-0.2, 0) is 6.54 Å². The Hall–Kier alpha value is -1.32. The van der Waals surface area contributed by atoms with Crippen molar-refractivity contribution in [1.29, 1.82) is 0 Å². The molecule has 1 aromatic heterocycles. The second kappa shape index (κ2) is 7.31. The monoisotopic (exact) mass is 260 g/mol. The van der Waals surface area contributed by atoms with Gasteiger partial charge in [-0.05, 0) is 31.6 Å². The summed E-state index contributed by atoms with van der Waals surface area (Å²) in [6, 6.07) is 10.3. The highest BCUT2D eigenvalue weighted by Gasteiger charge is 2.03. The molecule has 0 aliphatic rings. The lowest BCUT2D eigenvalue weighted by molar-refractivity contribution is 0.286. The third kappa shape index (κ3) is 4.08. The number of rotatable bonds is 8. The van der Waals surface area contributed by atoms with E-state index in [-0.39, 0.29) is 0 Å². The Morgan fingerprint density at radius 2 is 2.00 bits per heavy atom. The molecule has 0 unspecified atom stereocenters. The first kappa shape index (κ1) is 14.1. The molecule has 19 heavy (non-hydrogen) atoms. The molecule has 3 heteroatoms. The van der Waals surface area contributed by atoms with Crippen molar-refractivity contribution in [3.05, 3.63) is 36.1 Å². The van der Waals surface area contributed by atoms with E-state index in [1.54, 1.807) is 0 Å². The molecule has 1 heterocycles. The summed E-state index contributed by atoms with van der Waals surface area (Å²) in [5.41, 5.74) is 0.973. The van der Waals surface area contributed by atoms with Gasteiger partial charge in [-0.1, -0.05) is 32.0 Å². The standard InChI is InChI=1S/C16H24N2O/c1-3-10-18(4-2)11-9-17-13-15-12-14-7-5-6-8-16(14)19-15/h5-8,12,17H,3-4,9-11,13H2,1-2H3. The topological polar surface area (TPSA) is 28.4 Å². The Balaban J connectivity index is 1.76. The minimum absolute atomic E-state index is 0.804. The molecule has 0 atom stereocenters. The van der Waals surface area contributed by atoms with Crippen molar-refractivity contribution < 1.29 is 4.42 Å². The molecular formula is C16H24N2O. The maximum Gasteiger partial charge on any atom is 0.134 e. The van der Waals surface area contributed by atoms with E-state index in [1.165, 1.54) is 18.4 Å². The van der Waals surface area contributed by atoms with Crippen LogP contribution in [0.4, 0.5) is 0 Å². The van der Waals surface area contributed by atoms with Crippen LogP contribution >= 0.6 is 0 Å². The van der Waals surface area contributed by atoms with Gasteiger partial charge in [0.15, 0.2) is 0 Å². The highest BCUT2D eigenvalue weighted by Crippen LogP contribution is 2.18. The van der Waals surface area contributed by atoms with Crippen LogP contribution < -0.4 is 5.32 Å². The zero-order chi connectivity index (χ0) is 13.5. The van der Waals surface area contributed by atoms with Crippen LogP contribution in [0.2, 0.25) is 0 Å². The molecular weight excluding hydrogens is 236 g/mol. The molecule has 0 saturated heterocycles. The number of hydrogen-bond donors (Lipinski definition) is 1. The van der Waals surface area contributed by atoms with E-state index in [4.69, 9.17) is 4.42 Å². The van der Waals surface area contributed by atoms with Crippen molar-refractivity contribution >= 4 is 11.0 Å². The van der Waals surface area contributed by atoms with Gasteiger partial charge in [0.2, 0.25) is 0 Å². The fraction of sp³-hybridized carbons (Fsp3) is 0.500. The first-order chi connectivity index (χ1) is 9.33. The zero-order valence-electron chi connectivity index (χ0n) is 12.0. The summed E-state index contributed by atoms with van der Waals surface area (Å²) >= 11 is 0. The van der Waals surface area contributed by atoms with Crippen LogP contribution in [0.25, 0.3) is 11.0 Å². The van der Waals surface area contributed by atoms with Crippen LogP contribution in [-0.4, -0.2) is 31.1 Å². The number of likely N-dealkylation sites (N-methyl/N-ethyl adjacent to an activating group) is 1. The van der Waals surface area contributed by atoms with Gasteiger partial charge in [-0.3, -0.25) is 0 Å². The Kier molecular flexibility index (Phi) is 5.43. The Morgan fingerprint density at radius 3 is 2.74 bits per heavy atom. The van der Waals surface area contributed by atoms with E-state index in [0.29, 0.717) is 0 Å². The summed E-state index contributed by atoms with van der Waals surface area (Å²) in [5, 5.41) is 4.63. The average Bonchev–Trinajstić information content (AvgIpc) is 2.85. The highest BCUT2D eigenvalue weighted by atomic mass is 16.3. The lowest BCUT2D eigenvalue weighted by Crippen LogP contribution is -2.32. The first-order valence-corrected chi connectivity index (χ1v) is 7.24. The van der Waals surface area contributed by atoms with Gasteiger partial charge >= 0.3 is 0 Å². The van der Waals surface area contributed by atoms with E-state index in [1.807, 2.05) is 18.2 Å². The normalized spacial score (nSPS) is 11.5. The van der Waals surface area contributed by atoms with E-state index in [2.05, 4.69) is 36.2 Å². The summed E-state index contributed by atoms with van der Waals surface area (Å²) < 4.78 is 5.77. The van der Waals surface area contributed by atoms with Gasteiger partial charge in [0, 0.05) is 18.5 Å². The molecule has 0 saturated carbocycles. The number of para-hydroxylation sites is 1. The smallest absolute Gasteiger partial charge is 0.134 e. The minimum atomic E-state index is 0.804. The lowest BCUT2D eigenvalue weighted by Gasteiger charge is -2.19. The van der Waals surface area contributed by atoms with E-state index in [9.17, 15) is 0 Å². The summed E-state index contributed by atoms with van der Waals surface area (Å²) in [6.45, 7) is 9.66. The van der Waals surface area contributed by atoms with Gasteiger partial charge in [0.05, 0.1) is 6.54 Å². The zero-order valence-corrected chi connectivity index (χ0v) is 12.0. The van der Waals surface area contributed by atoms with Crippen molar-refractivity contribution in [2.45, 2.75) is 26.8 Å². The van der Waals surface area contributed by atoms with E-state index >= 15 is 0 Å². The van der Waals surface area contributed by atoms with Crippen molar-refractivity contribution in [2.75, 3.05) is 26.2 Å². The fourth-order valence-corrected chi connectivity index (χ4v) is 2.32. The number of fused-ring (bicyclic) bond motifs is 1. The van der Waals surface area contributed by atoms with Crippen LogP contribution in [0.1, 0.15) is 26.0 Å². The molecule has 0 aliphatic carbocycles. The molecule has 0 radical (unpaired) electrons. The third-order valence-electron chi connectivity index (χ3n) is 3.37. The lowest BCUT2D eigenvalue weighted by atomic mass is 10.2. The van der Waals surface area contributed by atoms with E-state index < -0.39 is 0 Å². The summed E-state index contributed by atoms with van der Waals surface area (Å²) in [4.78, 5) is 2.46. The quantitative estimate of drug-likeness (QED) is 0.739. The third-order valence-corrected chi connectivity index (χ3v) is 3.37. The molecule has 1 aromatic carbocycles. The van der Waals surface area contributed by atoms with Crippen molar-refractivity contribution in [3.8, 4) is 0 Å².